The Bertz CT molecular complexity index is 1300. The summed E-state index contributed by atoms with van der Waals surface area (Å²) >= 11 is 5.59. The van der Waals surface area contributed by atoms with E-state index in [1.165, 1.54) is 19.2 Å². The molecular weight excluding hydrogens is 539 g/mol. The van der Waals surface area contributed by atoms with Crippen LogP contribution in [-0.2, 0) is 23.4 Å². The third-order valence-corrected chi connectivity index (χ3v) is 7.72. The first kappa shape index (κ1) is 29.6. The number of carbonyl (C=O) groups excluding carboxylic acids is 1. The largest absolute Gasteiger partial charge is 0.463 e. The lowest BCUT2D eigenvalue weighted by molar-refractivity contribution is -0.151. The summed E-state index contributed by atoms with van der Waals surface area (Å²) in [5, 5.41) is 13.1. The Labute approximate surface area is 224 Å². The summed E-state index contributed by atoms with van der Waals surface area (Å²) in [5.74, 6) is 1.27. The van der Waals surface area contributed by atoms with E-state index in [4.69, 9.17) is 41.6 Å². The van der Waals surface area contributed by atoms with Gasteiger partial charge in [-0.2, -0.15) is 4.98 Å². The predicted molar refractivity (Wildman–Crippen MR) is 139 cm³/mol. The second kappa shape index (κ2) is 12.3. The van der Waals surface area contributed by atoms with Crippen molar-refractivity contribution in [2.75, 3.05) is 18.5 Å². The first-order chi connectivity index (χ1) is 17.9. The Hall–Kier alpha value is -2.91. The van der Waals surface area contributed by atoms with E-state index < -0.39 is 55.8 Å². The average molecular weight is 569 g/mol. The molecule has 0 amide bonds. The molecular formula is C24H30ClN4O8P. The third-order valence-electron chi connectivity index (χ3n) is 5.60. The maximum atomic E-state index is 13.8. The molecule has 2 heterocycles. The highest BCUT2D eigenvalue weighted by atomic mass is 35.5. The summed E-state index contributed by atoms with van der Waals surface area (Å²) in [5.41, 5.74) is 9.24. The first-order valence-corrected chi connectivity index (χ1v) is 13.8. The highest BCUT2D eigenvalue weighted by Gasteiger charge is 2.55. The molecule has 1 aliphatic heterocycles. The van der Waals surface area contributed by atoms with Gasteiger partial charge in [0.25, 0.3) is 0 Å². The fourth-order valence-electron chi connectivity index (χ4n) is 3.76. The smallest absolute Gasteiger partial charge is 0.380 e. The molecule has 14 heteroatoms. The molecule has 0 bridgehead atoms. The highest BCUT2D eigenvalue weighted by Crippen LogP contribution is 2.51. The molecule has 1 fully saturated rings. The fraction of sp³-hybridized carbons (Fsp3) is 0.458. The van der Waals surface area contributed by atoms with Crippen LogP contribution in [0.15, 0.2) is 47.4 Å². The van der Waals surface area contributed by atoms with Gasteiger partial charge >= 0.3 is 19.3 Å². The van der Waals surface area contributed by atoms with Gasteiger partial charge in [-0.25, -0.2) is 9.36 Å². The van der Waals surface area contributed by atoms with Crippen LogP contribution in [-0.4, -0.2) is 57.2 Å². The molecule has 0 aliphatic carbocycles. The maximum absolute atomic E-state index is 13.8. The SMILES string of the molecule is CC(C)OC(=O)[C@H](C)C[P@](=O)(OC[C@H]1O[C@@H](n2ccc(N)nc2=O)C(N)(C#CCl)[C@H]1O)Oc1ccccc1. The number of nitrogens with zero attached hydrogens (tertiary/aromatic N) is 2. The monoisotopic (exact) mass is 568 g/mol. The quantitative estimate of drug-likeness (QED) is 0.216. The zero-order valence-corrected chi connectivity index (χ0v) is 22.7. The van der Waals surface area contributed by atoms with Crippen LogP contribution in [0.3, 0.4) is 0 Å². The van der Waals surface area contributed by atoms with Crippen molar-refractivity contribution in [3.63, 3.8) is 0 Å². The number of rotatable bonds is 10. The van der Waals surface area contributed by atoms with Crippen molar-refractivity contribution >= 4 is 31.0 Å². The number of ether oxygens (including phenoxy) is 2. The molecule has 1 saturated heterocycles. The number of aliphatic hydroxyl groups excluding tert-OH is 1. The molecule has 1 unspecified atom stereocenters. The normalized spacial score (nSPS) is 25.2. The van der Waals surface area contributed by atoms with Crippen LogP contribution in [0.4, 0.5) is 5.82 Å². The Balaban J connectivity index is 1.86. The lowest BCUT2D eigenvalue weighted by Crippen LogP contribution is -2.55. The third kappa shape index (κ3) is 6.94. The van der Waals surface area contributed by atoms with Crippen molar-refractivity contribution in [2.45, 2.75) is 50.8 Å². The van der Waals surface area contributed by atoms with Crippen LogP contribution < -0.4 is 21.7 Å². The number of aromatic nitrogens is 2. The Morgan fingerprint density at radius 3 is 2.61 bits per heavy atom. The highest BCUT2D eigenvalue weighted by molar-refractivity contribution is 7.54. The molecule has 5 N–H and O–H groups in total. The van der Waals surface area contributed by atoms with Gasteiger partial charge in [-0.3, -0.25) is 13.9 Å². The van der Waals surface area contributed by atoms with Crippen molar-refractivity contribution in [3.05, 3.63) is 53.1 Å². The Morgan fingerprint density at radius 2 is 2.00 bits per heavy atom. The van der Waals surface area contributed by atoms with Crippen molar-refractivity contribution in [3.8, 4) is 17.0 Å². The van der Waals surface area contributed by atoms with Gasteiger partial charge in [0.1, 0.15) is 23.8 Å². The van der Waals surface area contributed by atoms with Gasteiger partial charge in [0.05, 0.1) is 24.8 Å². The van der Waals surface area contributed by atoms with Crippen molar-refractivity contribution in [1.82, 2.24) is 9.55 Å². The summed E-state index contributed by atoms with van der Waals surface area (Å²) < 4.78 is 37.3. The molecule has 3 rings (SSSR count). The van der Waals surface area contributed by atoms with Gasteiger partial charge in [-0.05, 0) is 43.6 Å². The van der Waals surface area contributed by atoms with E-state index in [1.807, 2.05) is 0 Å². The summed E-state index contributed by atoms with van der Waals surface area (Å²) in [4.78, 5) is 28.5. The van der Waals surface area contributed by atoms with Crippen molar-refractivity contribution in [2.24, 2.45) is 11.7 Å². The number of aliphatic hydroxyl groups is 1. The zero-order valence-electron chi connectivity index (χ0n) is 21.0. The molecule has 206 valence electrons. The van der Waals surface area contributed by atoms with Gasteiger partial charge in [0.15, 0.2) is 11.8 Å². The van der Waals surface area contributed by atoms with Gasteiger partial charge < -0.3 is 30.6 Å². The molecule has 0 spiro atoms. The van der Waals surface area contributed by atoms with Crippen LogP contribution in [0.25, 0.3) is 0 Å². The average Bonchev–Trinajstić information content (AvgIpc) is 3.08. The predicted octanol–water partition coefficient (Wildman–Crippen LogP) is 1.86. The number of esters is 1. The Morgan fingerprint density at radius 1 is 1.32 bits per heavy atom. The van der Waals surface area contributed by atoms with Gasteiger partial charge in [0.2, 0.25) is 0 Å². The first-order valence-electron chi connectivity index (χ1n) is 11.7. The summed E-state index contributed by atoms with van der Waals surface area (Å²) in [7, 11) is -4.03. The van der Waals surface area contributed by atoms with Crippen LogP contribution in [0, 0.1) is 17.2 Å². The number of para-hydroxylation sites is 1. The Kier molecular flexibility index (Phi) is 9.59. The molecule has 1 aliphatic rings. The van der Waals surface area contributed by atoms with Crippen LogP contribution in [0.5, 0.6) is 5.75 Å². The summed E-state index contributed by atoms with van der Waals surface area (Å²) in [6.45, 7) is 4.43. The molecule has 2 aromatic rings. The standard InChI is InChI=1S/C24H30ClN4O8P/c1-15(2)35-21(31)16(3)14-38(33,37-17-7-5-4-6-8-17)34-13-18-20(30)24(27,10-11-25)22(36-18)29-12-9-19(26)28-23(29)32/h4-9,12,15-16,18,20,22,30H,13-14,27H2,1-3H3,(H2,26,28,32)/t16-,18-,20+,22-,24?,38+/m1/s1. The van der Waals surface area contributed by atoms with E-state index in [1.54, 1.807) is 44.2 Å². The number of benzene rings is 1. The van der Waals surface area contributed by atoms with Crippen molar-refractivity contribution < 1.29 is 33.0 Å². The van der Waals surface area contributed by atoms with E-state index in [0.717, 1.165) is 4.57 Å². The molecule has 38 heavy (non-hydrogen) atoms. The van der Waals surface area contributed by atoms with Crippen LogP contribution in [0.1, 0.15) is 27.0 Å². The van der Waals surface area contributed by atoms with Crippen LogP contribution in [0.2, 0.25) is 0 Å². The number of carbonyl (C=O) groups is 1. The molecule has 0 radical (unpaired) electrons. The number of nitrogen functional groups attached to an aromatic ring is 1. The molecule has 1 aromatic carbocycles. The summed E-state index contributed by atoms with van der Waals surface area (Å²) in [6.07, 6.45) is -3.52. The number of anilines is 1. The lowest BCUT2D eigenvalue weighted by Gasteiger charge is -2.27. The topological polar surface area (TPSA) is 178 Å². The lowest BCUT2D eigenvalue weighted by atomic mass is 9.92. The van der Waals surface area contributed by atoms with Gasteiger partial charge in [-0.15, -0.1) is 0 Å². The number of hydrogen-bond donors (Lipinski definition) is 3. The minimum absolute atomic E-state index is 0.0279. The number of hydrogen-bond acceptors (Lipinski definition) is 11. The second-order valence-electron chi connectivity index (χ2n) is 9.05. The van der Waals surface area contributed by atoms with Crippen LogP contribution >= 0.6 is 19.2 Å². The fourth-order valence-corrected chi connectivity index (χ4v) is 5.79. The summed E-state index contributed by atoms with van der Waals surface area (Å²) in [6, 6.07) is 9.59. The number of nitrogens with two attached hydrogens (primary N) is 2. The molecule has 12 nitrogen and oxygen atoms in total. The second-order valence-corrected chi connectivity index (χ2v) is 11.3. The molecule has 0 saturated carbocycles. The molecule has 6 atom stereocenters. The van der Waals surface area contributed by atoms with E-state index in [0.29, 0.717) is 0 Å². The van der Waals surface area contributed by atoms with E-state index in [2.05, 4.69) is 16.3 Å². The zero-order chi connectivity index (χ0) is 28.1. The maximum Gasteiger partial charge on any atom is 0.380 e. The minimum atomic E-state index is -4.03. The van der Waals surface area contributed by atoms with Gasteiger partial charge in [-0.1, -0.05) is 31.0 Å². The van der Waals surface area contributed by atoms with Crippen molar-refractivity contribution in [1.29, 1.82) is 0 Å². The van der Waals surface area contributed by atoms with E-state index >= 15 is 0 Å². The van der Waals surface area contributed by atoms with E-state index in [9.17, 15) is 19.3 Å². The number of halogens is 1. The van der Waals surface area contributed by atoms with Gasteiger partial charge in [0, 0.05) is 11.6 Å². The minimum Gasteiger partial charge on any atom is -0.463 e. The van der Waals surface area contributed by atoms with E-state index in [-0.39, 0.29) is 23.8 Å². The molecule has 1 aromatic heterocycles.